The van der Waals surface area contributed by atoms with Crippen LogP contribution in [0.25, 0.3) is 0 Å². The molecule has 0 aliphatic rings. The van der Waals surface area contributed by atoms with Crippen LogP contribution in [0.1, 0.15) is 31.1 Å². The van der Waals surface area contributed by atoms with E-state index in [9.17, 15) is 9.90 Å². The average Bonchev–Trinajstić information content (AvgIpc) is 2.24. The number of nitrogens with zero attached hydrogens (tertiary/aromatic N) is 1. The summed E-state index contributed by atoms with van der Waals surface area (Å²) in [5, 5.41) is 9.84. The molecule has 0 radical (unpaired) electrons. The van der Waals surface area contributed by atoms with E-state index in [1.165, 1.54) is 0 Å². The molecule has 0 saturated carbocycles. The summed E-state index contributed by atoms with van der Waals surface area (Å²) < 4.78 is 0.777. The van der Waals surface area contributed by atoms with E-state index in [1.54, 1.807) is 19.9 Å². The Kier molecular flexibility index (Phi) is 4.71. The molecule has 1 N–H and O–H groups in total. The fraction of sp³-hybridized carbons (Fsp3) is 0.462. The van der Waals surface area contributed by atoms with Gasteiger partial charge in [-0.15, -0.1) is 0 Å². The molecule has 0 aliphatic carbocycles. The fourth-order valence-corrected chi connectivity index (χ4v) is 2.12. The standard InChI is InChI=1S/C13H18BrNO2/c1-4-15(9-13(2,3)17)11-6-5-10(8-16)12(14)7-11/h5-8,17H,4,9H2,1-3H3. The summed E-state index contributed by atoms with van der Waals surface area (Å²) in [6.45, 7) is 6.95. The minimum absolute atomic E-state index is 0.552. The Bertz CT molecular complexity index is 399. The van der Waals surface area contributed by atoms with Crippen LogP contribution >= 0.6 is 15.9 Å². The molecule has 94 valence electrons. The van der Waals surface area contributed by atoms with Crippen molar-refractivity contribution in [3.05, 3.63) is 28.2 Å². The van der Waals surface area contributed by atoms with Crippen molar-refractivity contribution in [1.29, 1.82) is 0 Å². The maximum absolute atomic E-state index is 10.7. The van der Waals surface area contributed by atoms with Gasteiger partial charge in [0.1, 0.15) is 0 Å². The molecule has 0 fully saturated rings. The molecule has 1 rings (SSSR count). The maximum atomic E-state index is 10.7. The minimum atomic E-state index is -0.744. The first-order chi connectivity index (χ1) is 7.87. The molecule has 1 aromatic carbocycles. The van der Waals surface area contributed by atoms with E-state index in [1.807, 2.05) is 19.1 Å². The molecular weight excluding hydrogens is 282 g/mol. The van der Waals surface area contributed by atoms with Crippen LogP contribution in [0.2, 0.25) is 0 Å². The Morgan fingerprint density at radius 1 is 1.47 bits per heavy atom. The summed E-state index contributed by atoms with van der Waals surface area (Å²) in [5.74, 6) is 0. The topological polar surface area (TPSA) is 40.5 Å². The molecule has 0 aromatic heterocycles. The van der Waals surface area contributed by atoms with Crippen LogP contribution in [0.3, 0.4) is 0 Å². The lowest BCUT2D eigenvalue weighted by Gasteiger charge is -2.30. The van der Waals surface area contributed by atoms with Crippen molar-refractivity contribution in [3.8, 4) is 0 Å². The molecule has 0 spiro atoms. The molecule has 0 amide bonds. The molecule has 0 aliphatic heterocycles. The summed E-state index contributed by atoms with van der Waals surface area (Å²) >= 11 is 3.36. The third-order valence-corrected chi connectivity index (χ3v) is 3.12. The highest BCUT2D eigenvalue weighted by molar-refractivity contribution is 9.10. The van der Waals surface area contributed by atoms with Crippen LogP contribution in [0.5, 0.6) is 0 Å². The van der Waals surface area contributed by atoms with Crippen molar-refractivity contribution >= 4 is 27.9 Å². The average molecular weight is 300 g/mol. The van der Waals surface area contributed by atoms with Crippen molar-refractivity contribution in [2.24, 2.45) is 0 Å². The highest BCUT2D eigenvalue weighted by atomic mass is 79.9. The smallest absolute Gasteiger partial charge is 0.151 e. The summed E-state index contributed by atoms with van der Waals surface area (Å²) in [6, 6.07) is 5.57. The second-order valence-electron chi connectivity index (χ2n) is 4.65. The highest BCUT2D eigenvalue weighted by Gasteiger charge is 2.18. The van der Waals surface area contributed by atoms with Gasteiger partial charge in [-0.05, 0) is 54.9 Å². The van der Waals surface area contributed by atoms with Gasteiger partial charge in [0.25, 0.3) is 0 Å². The Balaban J connectivity index is 2.97. The monoisotopic (exact) mass is 299 g/mol. The summed E-state index contributed by atoms with van der Waals surface area (Å²) in [5.41, 5.74) is 0.881. The van der Waals surface area contributed by atoms with Gasteiger partial charge in [-0.2, -0.15) is 0 Å². The third-order valence-electron chi connectivity index (χ3n) is 2.44. The molecule has 0 bridgehead atoms. The van der Waals surface area contributed by atoms with Crippen molar-refractivity contribution < 1.29 is 9.90 Å². The molecule has 0 saturated heterocycles. The second kappa shape index (κ2) is 5.65. The van der Waals surface area contributed by atoms with E-state index in [0.29, 0.717) is 12.1 Å². The molecule has 1 aromatic rings. The number of anilines is 1. The summed E-state index contributed by atoms with van der Waals surface area (Å²) in [7, 11) is 0. The van der Waals surface area contributed by atoms with Crippen molar-refractivity contribution in [1.82, 2.24) is 0 Å². The zero-order valence-corrected chi connectivity index (χ0v) is 12.0. The van der Waals surface area contributed by atoms with E-state index < -0.39 is 5.60 Å². The van der Waals surface area contributed by atoms with Gasteiger partial charge in [-0.3, -0.25) is 4.79 Å². The third kappa shape index (κ3) is 4.13. The van der Waals surface area contributed by atoms with Crippen LogP contribution in [0, 0.1) is 0 Å². The lowest BCUT2D eigenvalue weighted by molar-refractivity contribution is 0.0875. The number of benzene rings is 1. The van der Waals surface area contributed by atoms with Gasteiger partial charge < -0.3 is 10.0 Å². The van der Waals surface area contributed by atoms with Gasteiger partial charge in [0, 0.05) is 28.8 Å². The number of aldehydes is 1. The van der Waals surface area contributed by atoms with Gasteiger partial charge in [-0.1, -0.05) is 0 Å². The first kappa shape index (κ1) is 14.2. The minimum Gasteiger partial charge on any atom is -0.389 e. The van der Waals surface area contributed by atoms with Crippen LogP contribution in [-0.2, 0) is 0 Å². The molecule has 4 heteroatoms. The first-order valence-electron chi connectivity index (χ1n) is 5.59. The SMILES string of the molecule is CCN(CC(C)(C)O)c1ccc(C=O)c(Br)c1. The van der Waals surface area contributed by atoms with Crippen LogP contribution in [-0.4, -0.2) is 30.1 Å². The molecule has 0 unspecified atom stereocenters. The van der Waals surface area contributed by atoms with Gasteiger partial charge in [0.15, 0.2) is 6.29 Å². The molecule has 17 heavy (non-hydrogen) atoms. The van der Waals surface area contributed by atoms with Crippen molar-refractivity contribution in [2.45, 2.75) is 26.4 Å². The van der Waals surface area contributed by atoms with Gasteiger partial charge in [0.2, 0.25) is 0 Å². The van der Waals surface area contributed by atoms with Crippen LogP contribution < -0.4 is 4.90 Å². The van der Waals surface area contributed by atoms with Gasteiger partial charge in [-0.25, -0.2) is 0 Å². The van der Waals surface area contributed by atoms with E-state index in [0.717, 1.165) is 23.0 Å². The molecule has 0 atom stereocenters. The Morgan fingerprint density at radius 2 is 2.12 bits per heavy atom. The van der Waals surface area contributed by atoms with Gasteiger partial charge >= 0.3 is 0 Å². The van der Waals surface area contributed by atoms with E-state index in [4.69, 9.17) is 0 Å². The lowest BCUT2D eigenvalue weighted by Crippen LogP contribution is -2.38. The number of aliphatic hydroxyl groups is 1. The molecule has 3 nitrogen and oxygen atoms in total. The normalized spacial score (nSPS) is 11.4. The van der Waals surface area contributed by atoms with E-state index in [-0.39, 0.29) is 0 Å². The summed E-state index contributed by atoms with van der Waals surface area (Å²) in [4.78, 5) is 12.8. The Labute approximate surface area is 111 Å². The maximum Gasteiger partial charge on any atom is 0.151 e. The Hall–Kier alpha value is -0.870. The number of hydrogen-bond donors (Lipinski definition) is 1. The van der Waals surface area contributed by atoms with E-state index >= 15 is 0 Å². The number of halogens is 1. The first-order valence-corrected chi connectivity index (χ1v) is 6.38. The zero-order chi connectivity index (χ0) is 13.1. The molecule has 0 heterocycles. The molecular formula is C13H18BrNO2. The van der Waals surface area contributed by atoms with E-state index in [2.05, 4.69) is 20.8 Å². The van der Waals surface area contributed by atoms with Gasteiger partial charge in [0.05, 0.1) is 5.60 Å². The van der Waals surface area contributed by atoms with Crippen molar-refractivity contribution in [3.63, 3.8) is 0 Å². The predicted molar refractivity (Wildman–Crippen MR) is 73.7 cm³/mol. The van der Waals surface area contributed by atoms with Crippen LogP contribution in [0.15, 0.2) is 22.7 Å². The Morgan fingerprint density at radius 3 is 2.53 bits per heavy atom. The number of carbonyl (C=O) groups excluding carboxylic acids is 1. The number of carbonyl (C=O) groups is 1. The number of likely N-dealkylation sites (N-methyl/N-ethyl adjacent to an activating group) is 1. The summed E-state index contributed by atoms with van der Waals surface area (Å²) in [6.07, 6.45) is 0.820. The predicted octanol–water partition coefficient (Wildman–Crippen LogP) is 2.86. The number of hydrogen-bond acceptors (Lipinski definition) is 3. The quantitative estimate of drug-likeness (QED) is 0.850. The fourth-order valence-electron chi connectivity index (χ4n) is 1.66. The number of rotatable bonds is 5. The lowest BCUT2D eigenvalue weighted by atomic mass is 10.1. The van der Waals surface area contributed by atoms with Crippen LogP contribution in [0.4, 0.5) is 5.69 Å². The zero-order valence-electron chi connectivity index (χ0n) is 10.4. The highest BCUT2D eigenvalue weighted by Crippen LogP contribution is 2.24. The largest absolute Gasteiger partial charge is 0.389 e. The second-order valence-corrected chi connectivity index (χ2v) is 5.50. The van der Waals surface area contributed by atoms with Crippen molar-refractivity contribution in [2.75, 3.05) is 18.0 Å².